The van der Waals surface area contributed by atoms with Gasteiger partial charge in [0.1, 0.15) is 0 Å². The molecule has 0 saturated heterocycles. The molecular weight excluding hydrogens is 198 g/mol. The SMILES string of the molecule is CCC(=O)N(c1ccccc1)C1(C)CCC1. The van der Waals surface area contributed by atoms with Crippen molar-refractivity contribution in [3.05, 3.63) is 30.3 Å². The first-order valence-electron chi connectivity index (χ1n) is 6.05. The van der Waals surface area contributed by atoms with Crippen molar-refractivity contribution in [1.29, 1.82) is 0 Å². The summed E-state index contributed by atoms with van der Waals surface area (Å²) in [6.45, 7) is 4.12. The molecule has 1 aromatic rings. The number of hydrogen-bond acceptors (Lipinski definition) is 1. The fourth-order valence-corrected chi connectivity index (χ4v) is 2.40. The van der Waals surface area contributed by atoms with E-state index < -0.39 is 0 Å². The minimum absolute atomic E-state index is 0.0500. The van der Waals surface area contributed by atoms with Crippen LogP contribution in [-0.2, 0) is 4.79 Å². The predicted octanol–water partition coefficient (Wildman–Crippen LogP) is 3.37. The first-order chi connectivity index (χ1) is 7.67. The van der Waals surface area contributed by atoms with Crippen LogP contribution >= 0.6 is 0 Å². The smallest absolute Gasteiger partial charge is 0.227 e. The molecule has 0 aromatic heterocycles. The number of hydrogen-bond donors (Lipinski definition) is 0. The van der Waals surface area contributed by atoms with Crippen molar-refractivity contribution in [2.24, 2.45) is 0 Å². The highest BCUT2D eigenvalue weighted by Crippen LogP contribution is 2.40. The Labute approximate surface area is 97.3 Å². The second-order valence-corrected chi connectivity index (χ2v) is 4.77. The minimum Gasteiger partial charge on any atom is -0.307 e. The third-order valence-corrected chi connectivity index (χ3v) is 3.54. The van der Waals surface area contributed by atoms with Gasteiger partial charge in [0, 0.05) is 17.6 Å². The molecule has 16 heavy (non-hydrogen) atoms. The average molecular weight is 217 g/mol. The highest BCUT2D eigenvalue weighted by molar-refractivity contribution is 5.94. The highest BCUT2D eigenvalue weighted by atomic mass is 16.2. The van der Waals surface area contributed by atoms with Crippen LogP contribution in [-0.4, -0.2) is 11.4 Å². The number of nitrogens with zero attached hydrogens (tertiary/aromatic N) is 1. The zero-order valence-corrected chi connectivity index (χ0v) is 10.1. The van der Waals surface area contributed by atoms with Crippen LogP contribution in [0, 0.1) is 0 Å². The number of rotatable bonds is 3. The van der Waals surface area contributed by atoms with E-state index in [1.165, 1.54) is 6.42 Å². The molecule has 2 nitrogen and oxygen atoms in total. The first-order valence-corrected chi connectivity index (χ1v) is 6.05. The topological polar surface area (TPSA) is 20.3 Å². The predicted molar refractivity (Wildman–Crippen MR) is 66.5 cm³/mol. The average Bonchev–Trinajstić information content (AvgIpc) is 2.28. The van der Waals surface area contributed by atoms with Gasteiger partial charge in [0.05, 0.1) is 0 Å². The summed E-state index contributed by atoms with van der Waals surface area (Å²) in [6, 6.07) is 10.0. The molecule has 1 aromatic carbocycles. The van der Waals surface area contributed by atoms with E-state index in [0.717, 1.165) is 18.5 Å². The van der Waals surface area contributed by atoms with E-state index in [9.17, 15) is 4.79 Å². The molecule has 1 aliphatic carbocycles. The summed E-state index contributed by atoms with van der Waals surface area (Å²) in [5.74, 6) is 0.230. The van der Waals surface area contributed by atoms with Crippen molar-refractivity contribution in [2.75, 3.05) is 4.90 Å². The number of amides is 1. The van der Waals surface area contributed by atoms with Gasteiger partial charge >= 0.3 is 0 Å². The standard InChI is InChI=1S/C14H19NO/c1-3-13(16)15(14(2)10-7-11-14)12-8-5-4-6-9-12/h4-6,8-9H,3,7,10-11H2,1-2H3. The third kappa shape index (κ3) is 1.84. The Bertz CT molecular complexity index is 368. The summed E-state index contributed by atoms with van der Waals surface area (Å²) in [5.41, 5.74) is 1.09. The molecule has 1 aliphatic rings. The lowest BCUT2D eigenvalue weighted by Crippen LogP contribution is -2.54. The van der Waals surface area contributed by atoms with Crippen LogP contribution in [0.15, 0.2) is 30.3 Å². The van der Waals surface area contributed by atoms with Crippen molar-refractivity contribution < 1.29 is 4.79 Å². The molecule has 0 radical (unpaired) electrons. The van der Waals surface area contributed by atoms with Crippen molar-refractivity contribution in [2.45, 2.75) is 45.1 Å². The van der Waals surface area contributed by atoms with Gasteiger partial charge in [0.2, 0.25) is 5.91 Å². The molecule has 0 unspecified atom stereocenters. The Balaban J connectivity index is 2.32. The van der Waals surface area contributed by atoms with Gasteiger partial charge in [0.25, 0.3) is 0 Å². The molecule has 1 amide bonds. The van der Waals surface area contributed by atoms with Crippen molar-refractivity contribution in [3.63, 3.8) is 0 Å². The van der Waals surface area contributed by atoms with Gasteiger partial charge < -0.3 is 4.90 Å². The van der Waals surface area contributed by atoms with Gasteiger partial charge in [-0.3, -0.25) is 4.79 Å². The number of para-hydroxylation sites is 1. The van der Waals surface area contributed by atoms with E-state index in [1.807, 2.05) is 42.2 Å². The Morgan fingerprint density at radius 2 is 1.94 bits per heavy atom. The van der Waals surface area contributed by atoms with E-state index in [0.29, 0.717) is 6.42 Å². The Kier molecular flexibility index (Phi) is 2.99. The van der Waals surface area contributed by atoms with Gasteiger partial charge in [-0.25, -0.2) is 0 Å². The zero-order valence-electron chi connectivity index (χ0n) is 10.1. The van der Waals surface area contributed by atoms with Crippen LogP contribution in [0.4, 0.5) is 5.69 Å². The lowest BCUT2D eigenvalue weighted by atomic mass is 9.76. The molecule has 0 spiro atoms. The second kappa shape index (κ2) is 4.28. The largest absolute Gasteiger partial charge is 0.307 e. The fraction of sp³-hybridized carbons (Fsp3) is 0.500. The molecule has 1 fully saturated rings. The van der Waals surface area contributed by atoms with E-state index in [1.54, 1.807) is 0 Å². The fourth-order valence-electron chi connectivity index (χ4n) is 2.40. The molecule has 0 bridgehead atoms. The van der Waals surface area contributed by atoms with Gasteiger partial charge in [-0.15, -0.1) is 0 Å². The molecule has 2 rings (SSSR count). The number of carbonyl (C=O) groups excluding carboxylic acids is 1. The molecule has 0 atom stereocenters. The van der Waals surface area contributed by atoms with Crippen LogP contribution in [0.2, 0.25) is 0 Å². The second-order valence-electron chi connectivity index (χ2n) is 4.77. The van der Waals surface area contributed by atoms with Gasteiger partial charge in [0.15, 0.2) is 0 Å². The van der Waals surface area contributed by atoms with Crippen LogP contribution in [0.1, 0.15) is 39.5 Å². The van der Waals surface area contributed by atoms with Crippen LogP contribution in [0.3, 0.4) is 0 Å². The Hall–Kier alpha value is -1.31. The molecule has 1 saturated carbocycles. The van der Waals surface area contributed by atoms with Crippen molar-refractivity contribution in [3.8, 4) is 0 Å². The van der Waals surface area contributed by atoms with E-state index >= 15 is 0 Å². The minimum atomic E-state index is 0.0500. The van der Waals surface area contributed by atoms with Crippen LogP contribution < -0.4 is 4.90 Å². The van der Waals surface area contributed by atoms with E-state index in [2.05, 4.69) is 6.92 Å². The molecular formula is C14H19NO. The maximum atomic E-state index is 12.1. The lowest BCUT2D eigenvalue weighted by molar-refractivity contribution is -0.120. The summed E-state index contributed by atoms with van der Waals surface area (Å²) in [7, 11) is 0. The molecule has 0 aliphatic heterocycles. The Morgan fingerprint density at radius 3 is 2.38 bits per heavy atom. The summed E-state index contributed by atoms with van der Waals surface area (Å²) < 4.78 is 0. The van der Waals surface area contributed by atoms with Gasteiger partial charge in [-0.1, -0.05) is 25.1 Å². The third-order valence-electron chi connectivity index (χ3n) is 3.54. The number of carbonyl (C=O) groups is 1. The monoisotopic (exact) mass is 217 g/mol. The van der Waals surface area contributed by atoms with Crippen molar-refractivity contribution in [1.82, 2.24) is 0 Å². The summed E-state index contributed by atoms with van der Waals surface area (Å²) in [5, 5.41) is 0. The number of benzene rings is 1. The normalized spacial score (nSPS) is 17.6. The summed E-state index contributed by atoms with van der Waals surface area (Å²) in [4.78, 5) is 14.1. The summed E-state index contributed by atoms with van der Waals surface area (Å²) in [6.07, 6.45) is 4.04. The molecule has 0 N–H and O–H groups in total. The van der Waals surface area contributed by atoms with E-state index in [4.69, 9.17) is 0 Å². The molecule has 2 heteroatoms. The van der Waals surface area contributed by atoms with Gasteiger partial charge in [-0.2, -0.15) is 0 Å². The maximum Gasteiger partial charge on any atom is 0.227 e. The van der Waals surface area contributed by atoms with Crippen LogP contribution in [0.5, 0.6) is 0 Å². The first kappa shape index (κ1) is 11.2. The highest BCUT2D eigenvalue weighted by Gasteiger charge is 2.40. The molecule has 0 heterocycles. The van der Waals surface area contributed by atoms with Crippen LogP contribution in [0.25, 0.3) is 0 Å². The Morgan fingerprint density at radius 1 is 1.31 bits per heavy atom. The quantitative estimate of drug-likeness (QED) is 0.760. The summed E-state index contributed by atoms with van der Waals surface area (Å²) >= 11 is 0. The van der Waals surface area contributed by atoms with E-state index in [-0.39, 0.29) is 11.4 Å². The van der Waals surface area contributed by atoms with Crippen molar-refractivity contribution >= 4 is 11.6 Å². The maximum absolute atomic E-state index is 12.1. The zero-order chi connectivity index (χ0) is 11.6. The molecule has 86 valence electrons. The lowest BCUT2D eigenvalue weighted by Gasteiger charge is -2.48. The number of anilines is 1. The van der Waals surface area contributed by atoms with Gasteiger partial charge in [-0.05, 0) is 38.3 Å².